The minimum absolute atomic E-state index is 0.304. The molecule has 0 aliphatic carbocycles. The first-order valence-corrected chi connectivity index (χ1v) is 7.11. The molecular weight excluding hydrogens is 304 g/mol. The van der Waals surface area contributed by atoms with Crippen molar-refractivity contribution in [2.45, 2.75) is 6.42 Å². The highest BCUT2D eigenvalue weighted by molar-refractivity contribution is 6.30. The van der Waals surface area contributed by atoms with Crippen LogP contribution in [0.5, 0.6) is 0 Å². The lowest BCUT2D eigenvalue weighted by Gasteiger charge is -2.07. The van der Waals surface area contributed by atoms with Crippen molar-refractivity contribution in [2.24, 2.45) is 0 Å². The molecule has 0 aliphatic heterocycles. The van der Waals surface area contributed by atoms with Crippen LogP contribution in [0.2, 0.25) is 5.02 Å². The van der Waals surface area contributed by atoms with Crippen molar-refractivity contribution in [1.82, 2.24) is 10.3 Å². The molecule has 1 amide bonds. The molecular formula is C16H15ClN2O3. The van der Waals surface area contributed by atoms with E-state index in [-0.39, 0.29) is 12.5 Å². The monoisotopic (exact) mass is 318 g/mol. The van der Waals surface area contributed by atoms with Crippen LogP contribution in [0.4, 0.5) is 0 Å². The summed E-state index contributed by atoms with van der Waals surface area (Å²) in [6, 6.07) is 10.5. The summed E-state index contributed by atoms with van der Waals surface area (Å²) in [5.41, 5.74) is 1.43. The Kier molecular flexibility index (Phi) is 5.91. The standard InChI is InChI=1S/C16H15ClN2O3/c17-14-3-1-12(2-4-14)5-10-19-15(20)11-22-16(21)13-6-8-18-9-7-13/h1-4,6-9H,5,10-11H2,(H,19,20). The van der Waals surface area contributed by atoms with Crippen molar-refractivity contribution in [2.75, 3.05) is 13.2 Å². The van der Waals surface area contributed by atoms with Crippen molar-refractivity contribution in [3.8, 4) is 0 Å². The second-order valence-corrected chi connectivity index (χ2v) is 4.97. The number of halogens is 1. The number of carbonyl (C=O) groups excluding carboxylic acids is 2. The maximum atomic E-state index is 11.6. The van der Waals surface area contributed by atoms with Gasteiger partial charge in [0, 0.05) is 24.0 Å². The summed E-state index contributed by atoms with van der Waals surface area (Å²) in [4.78, 5) is 27.0. The number of esters is 1. The van der Waals surface area contributed by atoms with Gasteiger partial charge < -0.3 is 10.1 Å². The van der Waals surface area contributed by atoms with E-state index >= 15 is 0 Å². The number of ether oxygens (including phenoxy) is 1. The molecule has 6 heteroatoms. The van der Waals surface area contributed by atoms with Crippen LogP contribution in [0.15, 0.2) is 48.8 Å². The molecule has 0 atom stereocenters. The average Bonchev–Trinajstić information content (AvgIpc) is 2.55. The number of hydrogen-bond acceptors (Lipinski definition) is 4. The first-order chi connectivity index (χ1) is 10.6. The van der Waals surface area contributed by atoms with Gasteiger partial charge >= 0.3 is 5.97 Å². The number of rotatable bonds is 6. The third kappa shape index (κ3) is 5.18. The molecule has 2 aromatic rings. The zero-order valence-corrected chi connectivity index (χ0v) is 12.5. The van der Waals surface area contributed by atoms with E-state index in [1.807, 2.05) is 12.1 Å². The van der Waals surface area contributed by atoms with Crippen molar-refractivity contribution in [1.29, 1.82) is 0 Å². The van der Waals surface area contributed by atoms with Crippen LogP contribution in [0.1, 0.15) is 15.9 Å². The predicted molar refractivity (Wildman–Crippen MR) is 82.7 cm³/mol. The fourth-order valence-electron chi connectivity index (χ4n) is 1.75. The van der Waals surface area contributed by atoms with Crippen LogP contribution in [0, 0.1) is 0 Å². The van der Waals surface area contributed by atoms with Gasteiger partial charge in [0.1, 0.15) is 0 Å². The molecule has 0 bridgehead atoms. The SMILES string of the molecule is O=C(COC(=O)c1ccncc1)NCCc1ccc(Cl)cc1. The maximum absolute atomic E-state index is 11.6. The van der Waals surface area contributed by atoms with Crippen molar-refractivity contribution < 1.29 is 14.3 Å². The van der Waals surface area contributed by atoms with E-state index in [0.29, 0.717) is 23.6 Å². The molecule has 0 fully saturated rings. The van der Waals surface area contributed by atoms with Gasteiger partial charge in [0.25, 0.3) is 5.91 Å². The van der Waals surface area contributed by atoms with Crippen LogP contribution < -0.4 is 5.32 Å². The summed E-state index contributed by atoms with van der Waals surface area (Å²) in [7, 11) is 0. The van der Waals surface area contributed by atoms with E-state index < -0.39 is 5.97 Å². The third-order valence-electron chi connectivity index (χ3n) is 2.90. The Morgan fingerprint density at radius 2 is 1.77 bits per heavy atom. The van der Waals surface area contributed by atoms with Gasteiger partial charge in [-0.15, -0.1) is 0 Å². The lowest BCUT2D eigenvalue weighted by Crippen LogP contribution is -2.30. The van der Waals surface area contributed by atoms with Crippen LogP contribution >= 0.6 is 11.6 Å². The fourth-order valence-corrected chi connectivity index (χ4v) is 1.88. The minimum atomic E-state index is -0.546. The number of aromatic nitrogens is 1. The lowest BCUT2D eigenvalue weighted by molar-refractivity contribution is -0.124. The van der Waals surface area contributed by atoms with E-state index in [9.17, 15) is 9.59 Å². The Bertz CT molecular complexity index is 630. The minimum Gasteiger partial charge on any atom is -0.452 e. The molecule has 0 unspecified atom stereocenters. The summed E-state index contributed by atoms with van der Waals surface area (Å²) < 4.78 is 4.91. The Hall–Kier alpha value is -2.40. The molecule has 2 rings (SSSR count). The molecule has 1 aromatic carbocycles. The number of hydrogen-bond donors (Lipinski definition) is 1. The van der Waals surface area contributed by atoms with Crippen molar-refractivity contribution in [3.63, 3.8) is 0 Å². The summed E-state index contributed by atoms with van der Waals surface area (Å²) in [6.45, 7) is 0.162. The van der Waals surface area contributed by atoms with E-state index in [1.165, 1.54) is 24.5 Å². The van der Waals surface area contributed by atoms with Crippen LogP contribution in [0.3, 0.4) is 0 Å². The van der Waals surface area contributed by atoms with Crippen molar-refractivity contribution >= 4 is 23.5 Å². The van der Waals surface area contributed by atoms with Crippen molar-refractivity contribution in [3.05, 3.63) is 64.9 Å². The van der Waals surface area contributed by atoms with Gasteiger partial charge in [0.15, 0.2) is 6.61 Å². The van der Waals surface area contributed by atoms with E-state index in [2.05, 4.69) is 10.3 Å². The van der Waals surface area contributed by atoms with Gasteiger partial charge in [0.05, 0.1) is 5.56 Å². The molecule has 114 valence electrons. The number of benzene rings is 1. The van der Waals surface area contributed by atoms with Gasteiger partial charge in [-0.2, -0.15) is 0 Å². The van der Waals surface area contributed by atoms with Crippen LogP contribution in [-0.4, -0.2) is 30.0 Å². The fraction of sp³-hybridized carbons (Fsp3) is 0.188. The topological polar surface area (TPSA) is 68.3 Å². The zero-order chi connectivity index (χ0) is 15.8. The van der Waals surface area contributed by atoms with Crippen LogP contribution in [-0.2, 0) is 16.0 Å². The molecule has 1 N–H and O–H groups in total. The number of carbonyl (C=O) groups is 2. The first-order valence-electron chi connectivity index (χ1n) is 6.73. The van der Waals surface area contributed by atoms with Gasteiger partial charge in [-0.1, -0.05) is 23.7 Å². The van der Waals surface area contributed by atoms with Crippen LogP contribution in [0.25, 0.3) is 0 Å². The normalized spacial score (nSPS) is 10.0. The highest BCUT2D eigenvalue weighted by Crippen LogP contribution is 2.09. The highest BCUT2D eigenvalue weighted by Gasteiger charge is 2.09. The average molecular weight is 319 g/mol. The van der Waals surface area contributed by atoms with Gasteiger partial charge in [0.2, 0.25) is 0 Å². The largest absolute Gasteiger partial charge is 0.452 e. The van der Waals surface area contributed by atoms with Gasteiger partial charge in [-0.05, 0) is 36.2 Å². The molecule has 5 nitrogen and oxygen atoms in total. The number of amides is 1. The molecule has 0 saturated heterocycles. The second kappa shape index (κ2) is 8.14. The molecule has 0 spiro atoms. The summed E-state index contributed by atoms with van der Waals surface area (Å²) in [5.74, 6) is -0.883. The Balaban J connectivity index is 1.68. The second-order valence-electron chi connectivity index (χ2n) is 4.54. The zero-order valence-electron chi connectivity index (χ0n) is 11.8. The Morgan fingerprint density at radius 3 is 2.45 bits per heavy atom. The summed E-state index contributed by atoms with van der Waals surface area (Å²) in [6.07, 6.45) is 3.66. The molecule has 0 saturated carbocycles. The maximum Gasteiger partial charge on any atom is 0.338 e. The Morgan fingerprint density at radius 1 is 1.09 bits per heavy atom. The third-order valence-corrected chi connectivity index (χ3v) is 3.15. The summed E-state index contributed by atoms with van der Waals surface area (Å²) >= 11 is 5.80. The van der Waals surface area contributed by atoms with Gasteiger partial charge in [-0.3, -0.25) is 9.78 Å². The number of nitrogens with one attached hydrogen (secondary N) is 1. The predicted octanol–water partition coefficient (Wildman–Crippen LogP) is 2.25. The van der Waals surface area contributed by atoms with E-state index in [1.54, 1.807) is 12.1 Å². The molecule has 1 aromatic heterocycles. The molecule has 0 radical (unpaired) electrons. The van der Waals surface area contributed by atoms with Gasteiger partial charge in [-0.25, -0.2) is 4.79 Å². The van der Waals surface area contributed by atoms with E-state index in [0.717, 1.165) is 5.56 Å². The number of nitrogens with zero attached hydrogens (tertiary/aromatic N) is 1. The number of pyridine rings is 1. The molecule has 0 aliphatic rings. The first kappa shape index (κ1) is 16.0. The lowest BCUT2D eigenvalue weighted by atomic mass is 10.1. The molecule has 22 heavy (non-hydrogen) atoms. The summed E-state index contributed by atoms with van der Waals surface area (Å²) in [5, 5.41) is 3.37. The van der Waals surface area contributed by atoms with E-state index in [4.69, 9.17) is 16.3 Å². The Labute approximate surface area is 133 Å². The highest BCUT2D eigenvalue weighted by atomic mass is 35.5. The quantitative estimate of drug-likeness (QED) is 0.829. The molecule has 1 heterocycles. The smallest absolute Gasteiger partial charge is 0.338 e.